The number of ether oxygens (including phenoxy) is 6. The second-order valence-corrected chi connectivity index (χ2v) is 10.7. The van der Waals surface area contributed by atoms with Crippen LogP contribution in [0.2, 0.25) is 0 Å². The molecule has 0 N–H and O–H groups in total. The lowest BCUT2D eigenvalue weighted by Crippen LogP contribution is -2.63. The van der Waals surface area contributed by atoms with E-state index in [1.165, 1.54) is 15.9 Å². The molecule has 2 fully saturated rings. The number of hydrogen-bond donors (Lipinski definition) is 0. The molecule has 0 aliphatic carbocycles. The van der Waals surface area contributed by atoms with Gasteiger partial charge in [0.1, 0.15) is 24.4 Å². The first-order valence-corrected chi connectivity index (χ1v) is 13.1. The van der Waals surface area contributed by atoms with Crippen LogP contribution in [-0.2, 0) is 28.4 Å². The summed E-state index contributed by atoms with van der Waals surface area (Å²) in [5.41, 5.74) is 1.02. The fourth-order valence-corrected chi connectivity index (χ4v) is 7.35. The maximum atomic E-state index is 6.57. The summed E-state index contributed by atoms with van der Waals surface area (Å²) in [4.78, 5) is 0. The van der Waals surface area contributed by atoms with E-state index in [9.17, 15) is 0 Å². The SMILES string of the molecule is CO[C@H]1OC2CO[C@@H](c3ccccc3P(c3ccccc3)c3ccccc3)O[C@H]2[C@H](OC)[C@H]1OC. The molecule has 2 aliphatic rings. The molecule has 6 nitrogen and oxygen atoms in total. The standard InChI is InChI=1S/C28H31O6P/c1-29-25-24-22(33-28(31-3)26(25)30-2)18-32-27(34-24)21-16-10-11-17-23(21)35(19-12-6-4-7-13-19)20-14-8-5-9-15-20/h4-17,22,24-28H,18H2,1-3H3/t22?,24-,25+,26-,27-,28+/m1/s1. The van der Waals surface area contributed by atoms with Gasteiger partial charge in [0.15, 0.2) is 12.6 Å². The normalized spacial score (nSPS) is 28.6. The zero-order chi connectivity index (χ0) is 24.2. The summed E-state index contributed by atoms with van der Waals surface area (Å²) in [6, 6.07) is 29.6. The Morgan fingerprint density at radius 2 is 1.29 bits per heavy atom. The highest BCUT2D eigenvalue weighted by atomic mass is 31.1. The predicted octanol–water partition coefficient (Wildman–Crippen LogP) is 3.26. The molecular formula is C28H31O6P. The van der Waals surface area contributed by atoms with E-state index in [0.717, 1.165) is 5.56 Å². The fourth-order valence-electron chi connectivity index (χ4n) is 4.88. The Labute approximate surface area is 207 Å². The van der Waals surface area contributed by atoms with Gasteiger partial charge in [0.05, 0.1) is 6.61 Å². The van der Waals surface area contributed by atoms with E-state index in [4.69, 9.17) is 28.4 Å². The van der Waals surface area contributed by atoms with E-state index < -0.39 is 26.6 Å². The minimum absolute atomic E-state index is 0.315. The molecular weight excluding hydrogens is 463 g/mol. The highest BCUT2D eigenvalue weighted by Gasteiger charge is 2.51. The lowest BCUT2D eigenvalue weighted by molar-refractivity contribution is -0.362. The van der Waals surface area contributed by atoms with Gasteiger partial charge in [0.25, 0.3) is 0 Å². The van der Waals surface area contributed by atoms with Gasteiger partial charge in [-0.25, -0.2) is 0 Å². The van der Waals surface area contributed by atoms with Gasteiger partial charge in [0.2, 0.25) is 0 Å². The van der Waals surface area contributed by atoms with E-state index in [1.807, 2.05) is 6.07 Å². The van der Waals surface area contributed by atoms with Crippen LogP contribution in [0.3, 0.4) is 0 Å². The highest BCUT2D eigenvalue weighted by molar-refractivity contribution is 7.79. The molecule has 35 heavy (non-hydrogen) atoms. The van der Waals surface area contributed by atoms with Crippen LogP contribution in [0.5, 0.6) is 0 Å². The van der Waals surface area contributed by atoms with Gasteiger partial charge in [-0.2, -0.15) is 0 Å². The van der Waals surface area contributed by atoms with Crippen LogP contribution < -0.4 is 15.9 Å². The Balaban J connectivity index is 1.51. The van der Waals surface area contributed by atoms with Crippen LogP contribution in [-0.4, -0.2) is 58.6 Å². The largest absolute Gasteiger partial charge is 0.376 e. The van der Waals surface area contributed by atoms with Gasteiger partial charge in [-0.3, -0.25) is 0 Å². The van der Waals surface area contributed by atoms with E-state index in [-0.39, 0.29) is 18.3 Å². The van der Waals surface area contributed by atoms with Crippen LogP contribution in [0.1, 0.15) is 11.9 Å². The summed E-state index contributed by atoms with van der Waals surface area (Å²) in [5.74, 6) is 0. The van der Waals surface area contributed by atoms with Gasteiger partial charge in [-0.15, -0.1) is 0 Å². The second-order valence-electron chi connectivity index (χ2n) is 8.51. The number of methoxy groups -OCH3 is 3. The number of fused-ring (bicyclic) bond motifs is 1. The molecule has 0 radical (unpaired) electrons. The topological polar surface area (TPSA) is 55.4 Å². The molecule has 6 atom stereocenters. The average Bonchev–Trinajstić information content (AvgIpc) is 2.93. The van der Waals surface area contributed by atoms with Crippen molar-refractivity contribution in [3.8, 4) is 0 Å². The van der Waals surface area contributed by atoms with Crippen LogP contribution >= 0.6 is 7.92 Å². The third-order valence-electron chi connectivity index (χ3n) is 6.52. The molecule has 0 spiro atoms. The molecule has 2 heterocycles. The van der Waals surface area contributed by atoms with E-state index in [1.54, 1.807) is 21.3 Å². The molecule has 0 amide bonds. The zero-order valence-corrected chi connectivity index (χ0v) is 21.0. The predicted molar refractivity (Wildman–Crippen MR) is 136 cm³/mol. The summed E-state index contributed by atoms with van der Waals surface area (Å²) in [5, 5.41) is 3.74. The first-order valence-electron chi connectivity index (χ1n) is 11.7. The Morgan fingerprint density at radius 1 is 0.686 bits per heavy atom. The third kappa shape index (κ3) is 4.93. The van der Waals surface area contributed by atoms with Crippen molar-refractivity contribution >= 4 is 23.8 Å². The lowest BCUT2D eigenvalue weighted by Gasteiger charge is -2.48. The fraction of sp³-hybridized carbons (Fsp3) is 0.357. The average molecular weight is 495 g/mol. The summed E-state index contributed by atoms with van der Waals surface area (Å²) in [6.07, 6.45) is -2.54. The molecule has 7 heteroatoms. The number of hydrogen-bond acceptors (Lipinski definition) is 6. The maximum absolute atomic E-state index is 6.57. The Bertz CT molecular complexity index is 1040. The van der Waals surface area contributed by atoms with Crippen molar-refractivity contribution < 1.29 is 28.4 Å². The van der Waals surface area contributed by atoms with Gasteiger partial charge >= 0.3 is 0 Å². The molecule has 0 bridgehead atoms. The van der Waals surface area contributed by atoms with Gasteiger partial charge in [0, 0.05) is 26.9 Å². The summed E-state index contributed by atoms with van der Waals surface area (Å²) in [6.45, 7) is 0.369. The maximum Gasteiger partial charge on any atom is 0.186 e. The van der Waals surface area contributed by atoms with E-state index in [2.05, 4.69) is 78.9 Å². The first kappa shape index (κ1) is 24.5. The minimum Gasteiger partial charge on any atom is -0.376 e. The first-order chi connectivity index (χ1) is 17.2. The molecule has 3 aromatic rings. The molecule has 5 rings (SSSR count). The Morgan fingerprint density at radius 3 is 1.89 bits per heavy atom. The molecule has 1 unspecified atom stereocenters. The van der Waals surface area contributed by atoms with Crippen molar-refractivity contribution in [1.82, 2.24) is 0 Å². The highest BCUT2D eigenvalue weighted by Crippen LogP contribution is 2.40. The quantitative estimate of drug-likeness (QED) is 0.470. The van der Waals surface area contributed by atoms with Crippen molar-refractivity contribution in [3.05, 3.63) is 90.5 Å². The molecule has 184 valence electrons. The van der Waals surface area contributed by atoms with Crippen molar-refractivity contribution in [2.75, 3.05) is 27.9 Å². The second kappa shape index (κ2) is 11.3. The Hall–Kier alpha value is -2.15. The van der Waals surface area contributed by atoms with Crippen LogP contribution in [0.4, 0.5) is 0 Å². The summed E-state index contributed by atoms with van der Waals surface area (Å²) < 4.78 is 35.9. The number of benzene rings is 3. The van der Waals surface area contributed by atoms with E-state index in [0.29, 0.717) is 6.61 Å². The molecule has 2 saturated heterocycles. The number of rotatable bonds is 7. The lowest BCUT2D eigenvalue weighted by atomic mass is 9.97. The van der Waals surface area contributed by atoms with Gasteiger partial charge < -0.3 is 28.4 Å². The molecule has 0 aromatic heterocycles. The third-order valence-corrected chi connectivity index (χ3v) is 9.04. The smallest absolute Gasteiger partial charge is 0.186 e. The Kier molecular flexibility index (Phi) is 7.91. The summed E-state index contributed by atoms with van der Waals surface area (Å²) in [7, 11) is 4.08. The van der Waals surface area contributed by atoms with Gasteiger partial charge in [-0.05, 0) is 23.8 Å². The van der Waals surface area contributed by atoms with Gasteiger partial charge in [-0.1, -0.05) is 84.9 Å². The monoisotopic (exact) mass is 494 g/mol. The van der Waals surface area contributed by atoms with Crippen molar-refractivity contribution in [2.24, 2.45) is 0 Å². The van der Waals surface area contributed by atoms with E-state index >= 15 is 0 Å². The molecule has 3 aromatic carbocycles. The molecule has 2 aliphatic heterocycles. The van der Waals surface area contributed by atoms with Crippen molar-refractivity contribution in [3.63, 3.8) is 0 Å². The zero-order valence-electron chi connectivity index (χ0n) is 20.2. The van der Waals surface area contributed by atoms with Crippen LogP contribution in [0, 0.1) is 0 Å². The van der Waals surface area contributed by atoms with Crippen molar-refractivity contribution in [1.29, 1.82) is 0 Å². The molecule has 0 saturated carbocycles. The summed E-state index contributed by atoms with van der Waals surface area (Å²) >= 11 is 0. The minimum atomic E-state index is -0.814. The van der Waals surface area contributed by atoms with Crippen molar-refractivity contribution in [2.45, 2.75) is 37.0 Å². The van der Waals surface area contributed by atoms with Crippen LogP contribution in [0.15, 0.2) is 84.9 Å². The van der Waals surface area contributed by atoms with Crippen LogP contribution in [0.25, 0.3) is 0 Å².